The number of methoxy groups -OCH3 is 1. The third kappa shape index (κ3) is 2.14. The number of halogens is 1. The van der Waals surface area contributed by atoms with Crippen LogP contribution in [0.4, 0.5) is 0 Å². The van der Waals surface area contributed by atoms with Gasteiger partial charge in [-0.05, 0) is 29.0 Å². The molecule has 0 bridgehead atoms. The number of fused-ring (bicyclic) bond motifs is 1. The third-order valence-electron chi connectivity index (χ3n) is 4.16. The van der Waals surface area contributed by atoms with Crippen molar-refractivity contribution in [3.8, 4) is 0 Å². The second-order valence-electron chi connectivity index (χ2n) is 6.05. The molecule has 0 saturated heterocycles. The molecular weight excluding hydrogens is 288 g/mol. The lowest BCUT2D eigenvalue weighted by Gasteiger charge is -2.29. The molecule has 0 spiro atoms. The van der Waals surface area contributed by atoms with E-state index in [9.17, 15) is 4.79 Å². The van der Waals surface area contributed by atoms with E-state index >= 15 is 0 Å². The van der Waals surface area contributed by atoms with Crippen LogP contribution in [0, 0.1) is 5.41 Å². The monoisotopic (exact) mass is 304 g/mol. The van der Waals surface area contributed by atoms with Gasteiger partial charge in [-0.2, -0.15) is 0 Å². The fraction of sp³-hybridized carbons (Fsp3) is 0.375. The Bertz CT molecular complexity index is 706. The summed E-state index contributed by atoms with van der Waals surface area (Å²) >= 11 is 6.34. The van der Waals surface area contributed by atoms with E-state index in [0.29, 0.717) is 5.69 Å². The number of benzene rings is 1. The molecule has 1 aliphatic rings. The number of esters is 1. The van der Waals surface area contributed by atoms with E-state index in [1.54, 1.807) is 12.5 Å². The number of hydrogen-bond donors (Lipinski definition) is 0. The summed E-state index contributed by atoms with van der Waals surface area (Å²) in [6.45, 7) is 4.35. The van der Waals surface area contributed by atoms with Crippen molar-refractivity contribution in [2.45, 2.75) is 26.3 Å². The smallest absolute Gasteiger partial charge is 0.356 e. The van der Waals surface area contributed by atoms with Gasteiger partial charge in [-0.3, -0.25) is 0 Å². The first-order valence-corrected chi connectivity index (χ1v) is 7.21. The number of carbonyl (C=O) groups is 1. The Morgan fingerprint density at radius 1 is 1.48 bits per heavy atom. The van der Waals surface area contributed by atoms with E-state index in [-0.39, 0.29) is 17.4 Å². The van der Waals surface area contributed by atoms with Crippen molar-refractivity contribution in [1.82, 2.24) is 9.55 Å². The van der Waals surface area contributed by atoms with Crippen LogP contribution in [0.2, 0.25) is 5.02 Å². The fourth-order valence-electron chi connectivity index (χ4n) is 3.29. The fourth-order valence-corrected chi connectivity index (χ4v) is 3.54. The molecule has 0 N–H and O–H groups in total. The van der Waals surface area contributed by atoms with Crippen LogP contribution in [-0.4, -0.2) is 22.6 Å². The van der Waals surface area contributed by atoms with Gasteiger partial charge in [-0.1, -0.05) is 37.6 Å². The standard InChI is InChI=1S/C16H17ClN2O2/c1-16(2)7-11-10(5-4-6-12(11)17)14(16)19-9-18-8-13(19)15(20)21-3/h4-6,8-9,14H,7H2,1-3H3. The number of hydrogen-bond acceptors (Lipinski definition) is 3. The van der Waals surface area contributed by atoms with Gasteiger partial charge in [0.25, 0.3) is 0 Å². The largest absolute Gasteiger partial charge is 0.464 e. The Balaban J connectivity index is 2.17. The van der Waals surface area contributed by atoms with Crippen LogP contribution in [0.25, 0.3) is 0 Å². The van der Waals surface area contributed by atoms with Crippen molar-refractivity contribution in [1.29, 1.82) is 0 Å². The molecule has 1 aliphatic carbocycles. The molecular formula is C16H17ClN2O2. The van der Waals surface area contributed by atoms with Crippen molar-refractivity contribution in [2.24, 2.45) is 5.41 Å². The molecule has 4 nitrogen and oxygen atoms in total. The van der Waals surface area contributed by atoms with Gasteiger partial charge in [-0.15, -0.1) is 0 Å². The Hall–Kier alpha value is -1.81. The zero-order chi connectivity index (χ0) is 15.2. The second kappa shape index (κ2) is 4.88. The van der Waals surface area contributed by atoms with E-state index in [0.717, 1.165) is 22.6 Å². The number of imidazole rings is 1. The summed E-state index contributed by atoms with van der Waals surface area (Å²) in [4.78, 5) is 16.1. The number of rotatable bonds is 2. The zero-order valence-electron chi connectivity index (χ0n) is 12.3. The van der Waals surface area contributed by atoms with Gasteiger partial charge in [0.1, 0.15) is 5.69 Å². The summed E-state index contributed by atoms with van der Waals surface area (Å²) in [7, 11) is 1.38. The van der Waals surface area contributed by atoms with Gasteiger partial charge in [0, 0.05) is 5.02 Å². The number of aromatic nitrogens is 2. The van der Waals surface area contributed by atoms with Crippen LogP contribution < -0.4 is 0 Å². The Labute approximate surface area is 128 Å². The van der Waals surface area contributed by atoms with Gasteiger partial charge in [0.05, 0.1) is 25.7 Å². The number of carbonyl (C=O) groups excluding carboxylic acids is 1. The number of ether oxygens (including phenoxy) is 1. The minimum atomic E-state index is -0.376. The first kappa shape index (κ1) is 14.1. The normalized spacial score (nSPS) is 19.3. The van der Waals surface area contributed by atoms with Crippen molar-refractivity contribution >= 4 is 17.6 Å². The molecule has 5 heteroatoms. The minimum absolute atomic E-state index is 0.0165. The molecule has 0 saturated carbocycles. The highest BCUT2D eigenvalue weighted by atomic mass is 35.5. The Kier molecular flexibility index (Phi) is 3.29. The molecule has 21 heavy (non-hydrogen) atoms. The molecule has 3 rings (SSSR count). The van der Waals surface area contributed by atoms with Crippen LogP contribution in [0.1, 0.15) is 41.5 Å². The maximum absolute atomic E-state index is 11.9. The van der Waals surface area contributed by atoms with Crippen LogP contribution in [0.3, 0.4) is 0 Å². The molecule has 1 heterocycles. The summed E-state index contributed by atoms with van der Waals surface area (Å²) in [5.41, 5.74) is 2.70. The summed E-state index contributed by atoms with van der Waals surface area (Å²) in [6.07, 6.45) is 4.10. The number of nitrogens with zero attached hydrogens (tertiary/aromatic N) is 2. The molecule has 0 aliphatic heterocycles. The van der Waals surface area contributed by atoms with Crippen molar-refractivity contribution in [3.05, 3.63) is 52.6 Å². The van der Waals surface area contributed by atoms with Crippen molar-refractivity contribution in [3.63, 3.8) is 0 Å². The topological polar surface area (TPSA) is 44.1 Å². The zero-order valence-corrected chi connectivity index (χ0v) is 13.0. The predicted octanol–water partition coefficient (Wildman–Crippen LogP) is 3.49. The van der Waals surface area contributed by atoms with E-state index in [4.69, 9.17) is 16.3 Å². The molecule has 1 atom stereocenters. The summed E-state index contributed by atoms with van der Waals surface area (Å²) < 4.78 is 6.75. The third-order valence-corrected chi connectivity index (χ3v) is 4.52. The molecule has 0 amide bonds. The first-order valence-electron chi connectivity index (χ1n) is 6.83. The van der Waals surface area contributed by atoms with Crippen molar-refractivity contribution in [2.75, 3.05) is 7.11 Å². The lowest BCUT2D eigenvalue weighted by atomic mass is 9.85. The van der Waals surface area contributed by atoms with Crippen molar-refractivity contribution < 1.29 is 9.53 Å². The van der Waals surface area contributed by atoms with E-state index in [1.165, 1.54) is 7.11 Å². The SMILES string of the molecule is COC(=O)c1cncn1C1c2cccc(Cl)c2CC1(C)C. The summed E-state index contributed by atoms with van der Waals surface area (Å²) in [5, 5.41) is 0.780. The lowest BCUT2D eigenvalue weighted by molar-refractivity contribution is 0.0583. The van der Waals surface area contributed by atoms with Crippen LogP contribution >= 0.6 is 11.6 Å². The summed E-state index contributed by atoms with van der Waals surface area (Å²) in [6, 6.07) is 5.95. The van der Waals surface area contributed by atoms with E-state index in [1.807, 2.05) is 16.7 Å². The quantitative estimate of drug-likeness (QED) is 0.798. The van der Waals surface area contributed by atoms with Crippen LogP contribution in [-0.2, 0) is 11.2 Å². The van der Waals surface area contributed by atoms with E-state index < -0.39 is 0 Å². The Morgan fingerprint density at radius 3 is 2.95 bits per heavy atom. The Morgan fingerprint density at radius 2 is 2.24 bits per heavy atom. The maximum Gasteiger partial charge on any atom is 0.356 e. The molecule has 2 aromatic rings. The average molecular weight is 305 g/mol. The van der Waals surface area contributed by atoms with Crippen LogP contribution in [0.5, 0.6) is 0 Å². The average Bonchev–Trinajstić information content (AvgIpc) is 2.99. The molecule has 110 valence electrons. The molecule has 0 fully saturated rings. The molecule has 1 aromatic carbocycles. The van der Waals surface area contributed by atoms with Crippen LogP contribution in [0.15, 0.2) is 30.7 Å². The first-order chi connectivity index (χ1) is 9.95. The minimum Gasteiger partial charge on any atom is -0.464 e. The van der Waals surface area contributed by atoms with Gasteiger partial charge in [0.2, 0.25) is 0 Å². The highest BCUT2D eigenvalue weighted by Gasteiger charge is 2.42. The molecule has 0 radical (unpaired) electrons. The second-order valence-corrected chi connectivity index (χ2v) is 6.46. The van der Waals surface area contributed by atoms with Gasteiger partial charge >= 0.3 is 5.97 Å². The maximum atomic E-state index is 11.9. The van der Waals surface area contributed by atoms with Gasteiger partial charge in [0.15, 0.2) is 0 Å². The highest BCUT2D eigenvalue weighted by molar-refractivity contribution is 6.31. The molecule has 1 unspecified atom stereocenters. The predicted molar refractivity (Wildman–Crippen MR) is 80.6 cm³/mol. The lowest BCUT2D eigenvalue weighted by Crippen LogP contribution is -2.26. The summed E-state index contributed by atoms with van der Waals surface area (Å²) in [5.74, 6) is -0.376. The molecule has 1 aromatic heterocycles. The van der Waals surface area contributed by atoms with Gasteiger partial charge in [-0.25, -0.2) is 9.78 Å². The van der Waals surface area contributed by atoms with E-state index in [2.05, 4.69) is 24.9 Å². The highest BCUT2D eigenvalue weighted by Crippen LogP contribution is 2.49. The van der Waals surface area contributed by atoms with Gasteiger partial charge < -0.3 is 9.30 Å².